The molecule has 1 rings (SSSR count). The van der Waals surface area contributed by atoms with Crippen molar-refractivity contribution in [1.29, 1.82) is 0 Å². The number of rotatable bonds is 4. The lowest BCUT2D eigenvalue weighted by Crippen LogP contribution is -2.50. The molecule has 1 aliphatic heterocycles. The smallest absolute Gasteiger partial charge is 0.00699 e. The van der Waals surface area contributed by atoms with Gasteiger partial charge in [-0.1, -0.05) is 20.3 Å². The third-order valence-electron chi connectivity index (χ3n) is 4.29. The summed E-state index contributed by atoms with van der Waals surface area (Å²) in [7, 11) is 0. The van der Waals surface area contributed by atoms with Crippen LogP contribution in [0.2, 0.25) is 0 Å². The predicted molar refractivity (Wildman–Crippen MR) is 66.9 cm³/mol. The third-order valence-corrected chi connectivity index (χ3v) is 4.29. The van der Waals surface area contributed by atoms with Crippen LogP contribution in [-0.4, -0.2) is 30.1 Å². The highest BCUT2D eigenvalue weighted by Gasteiger charge is 2.31. The minimum Gasteiger partial charge on any atom is -0.330 e. The van der Waals surface area contributed by atoms with Crippen LogP contribution in [-0.2, 0) is 0 Å². The molecule has 2 N–H and O–H groups in total. The molecule has 0 bridgehead atoms. The quantitative estimate of drug-likeness (QED) is 0.776. The summed E-state index contributed by atoms with van der Waals surface area (Å²) in [6.07, 6.45) is 5.28. The second-order valence-corrected chi connectivity index (χ2v) is 5.67. The lowest BCUT2D eigenvalue weighted by molar-refractivity contribution is 0.0554. The van der Waals surface area contributed by atoms with Crippen LogP contribution < -0.4 is 5.73 Å². The van der Waals surface area contributed by atoms with Crippen LogP contribution >= 0.6 is 0 Å². The van der Waals surface area contributed by atoms with Gasteiger partial charge >= 0.3 is 0 Å². The van der Waals surface area contributed by atoms with Crippen molar-refractivity contribution in [3.05, 3.63) is 0 Å². The summed E-state index contributed by atoms with van der Waals surface area (Å²) in [5, 5.41) is 0. The van der Waals surface area contributed by atoms with Gasteiger partial charge in [-0.05, 0) is 45.1 Å². The van der Waals surface area contributed by atoms with E-state index in [1.165, 1.54) is 32.2 Å². The van der Waals surface area contributed by atoms with Crippen LogP contribution in [0.3, 0.4) is 0 Å². The standard InChI is InChI=1S/C13H28N2/c1-5-13(4,9-14)10-15-11(2)7-6-8-12(15)3/h11-12H,5-10,14H2,1-4H3. The molecular weight excluding hydrogens is 184 g/mol. The van der Waals surface area contributed by atoms with E-state index in [0.717, 1.165) is 18.6 Å². The number of hydrogen-bond acceptors (Lipinski definition) is 2. The van der Waals surface area contributed by atoms with Crippen LogP contribution in [0.25, 0.3) is 0 Å². The zero-order valence-corrected chi connectivity index (χ0v) is 10.9. The molecule has 1 aliphatic rings. The Bertz CT molecular complexity index is 177. The molecule has 0 aromatic carbocycles. The SMILES string of the molecule is CCC(C)(CN)CN1C(C)CCCC1C. The number of hydrogen-bond donors (Lipinski definition) is 1. The van der Waals surface area contributed by atoms with Gasteiger partial charge < -0.3 is 5.73 Å². The molecule has 0 aromatic heterocycles. The van der Waals surface area contributed by atoms with Crippen molar-refractivity contribution in [3.8, 4) is 0 Å². The highest BCUT2D eigenvalue weighted by molar-refractivity contribution is 4.86. The molecule has 0 aliphatic carbocycles. The van der Waals surface area contributed by atoms with Crippen molar-refractivity contribution in [2.75, 3.05) is 13.1 Å². The Kier molecular flexibility index (Phi) is 4.60. The minimum atomic E-state index is 0.305. The molecule has 0 aromatic rings. The van der Waals surface area contributed by atoms with Crippen LogP contribution in [0, 0.1) is 5.41 Å². The monoisotopic (exact) mass is 212 g/mol. The molecule has 3 atom stereocenters. The second-order valence-electron chi connectivity index (χ2n) is 5.67. The lowest BCUT2D eigenvalue weighted by Gasteiger charge is -2.44. The lowest BCUT2D eigenvalue weighted by atomic mass is 9.84. The van der Waals surface area contributed by atoms with Gasteiger partial charge in [0.05, 0.1) is 0 Å². The first-order valence-corrected chi connectivity index (χ1v) is 6.48. The normalized spacial score (nSPS) is 32.6. The van der Waals surface area contributed by atoms with E-state index in [1.54, 1.807) is 0 Å². The first kappa shape index (κ1) is 13.0. The summed E-state index contributed by atoms with van der Waals surface area (Å²) in [4.78, 5) is 2.67. The van der Waals surface area contributed by atoms with Gasteiger partial charge in [0, 0.05) is 18.6 Å². The summed E-state index contributed by atoms with van der Waals surface area (Å²) in [5.41, 5.74) is 6.20. The Labute approximate surface area is 95.2 Å². The Morgan fingerprint density at radius 1 is 1.27 bits per heavy atom. The zero-order valence-electron chi connectivity index (χ0n) is 10.9. The Morgan fingerprint density at radius 2 is 1.80 bits per heavy atom. The van der Waals surface area contributed by atoms with Crippen LogP contribution in [0.1, 0.15) is 53.4 Å². The second kappa shape index (κ2) is 5.31. The van der Waals surface area contributed by atoms with Crippen LogP contribution in [0.5, 0.6) is 0 Å². The number of nitrogens with zero attached hydrogens (tertiary/aromatic N) is 1. The van der Waals surface area contributed by atoms with Crippen molar-refractivity contribution in [2.45, 2.75) is 65.5 Å². The van der Waals surface area contributed by atoms with Gasteiger partial charge in [-0.15, -0.1) is 0 Å². The fraction of sp³-hybridized carbons (Fsp3) is 1.00. The van der Waals surface area contributed by atoms with E-state index in [4.69, 9.17) is 5.73 Å². The van der Waals surface area contributed by atoms with Gasteiger partial charge in [0.2, 0.25) is 0 Å². The van der Waals surface area contributed by atoms with E-state index in [1.807, 2.05) is 0 Å². The average molecular weight is 212 g/mol. The first-order valence-electron chi connectivity index (χ1n) is 6.48. The van der Waals surface area contributed by atoms with Crippen molar-refractivity contribution in [1.82, 2.24) is 4.90 Å². The molecule has 1 fully saturated rings. The van der Waals surface area contributed by atoms with Crippen molar-refractivity contribution < 1.29 is 0 Å². The molecule has 1 heterocycles. The number of piperidine rings is 1. The molecular formula is C13H28N2. The van der Waals surface area contributed by atoms with Crippen molar-refractivity contribution >= 4 is 0 Å². The van der Waals surface area contributed by atoms with E-state index in [2.05, 4.69) is 32.6 Å². The van der Waals surface area contributed by atoms with E-state index in [0.29, 0.717) is 5.41 Å². The molecule has 0 saturated carbocycles. The summed E-state index contributed by atoms with van der Waals surface area (Å²) >= 11 is 0. The largest absolute Gasteiger partial charge is 0.330 e. The van der Waals surface area contributed by atoms with E-state index in [-0.39, 0.29) is 0 Å². The molecule has 2 heteroatoms. The number of likely N-dealkylation sites (tertiary alicyclic amines) is 1. The number of nitrogens with two attached hydrogens (primary N) is 1. The van der Waals surface area contributed by atoms with Gasteiger partial charge in [0.25, 0.3) is 0 Å². The van der Waals surface area contributed by atoms with Gasteiger partial charge in [0.15, 0.2) is 0 Å². The Morgan fingerprint density at radius 3 is 2.20 bits per heavy atom. The van der Waals surface area contributed by atoms with Crippen molar-refractivity contribution in [2.24, 2.45) is 11.1 Å². The molecule has 1 saturated heterocycles. The van der Waals surface area contributed by atoms with Gasteiger partial charge in [-0.25, -0.2) is 0 Å². The van der Waals surface area contributed by atoms with Gasteiger partial charge in [0.1, 0.15) is 0 Å². The Balaban J connectivity index is 2.61. The third kappa shape index (κ3) is 3.18. The molecule has 90 valence electrons. The predicted octanol–water partition coefficient (Wildman–Crippen LogP) is 2.62. The summed E-state index contributed by atoms with van der Waals surface area (Å²) < 4.78 is 0. The van der Waals surface area contributed by atoms with Crippen LogP contribution in [0.4, 0.5) is 0 Å². The highest BCUT2D eigenvalue weighted by Crippen LogP contribution is 2.28. The molecule has 0 spiro atoms. The topological polar surface area (TPSA) is 29.3 Å². The molecule has 3 unspecified atom stereocenters. The molecule has 0 amide bonds. The fourth-order valence-corrected chi connectivity index (χ4v) is 2.55. The minimum absolute atomic E-state index is 0.305. The van der Waals surface area contributed by atoms with E-state index in [9.17, 15) is 0 Å². The summed E-state index contributed by atoms with van der Waals surface area (Å²) in [6.45, 7) is 11.3. The first-order chi connectivity index (χ1) is 7.02. The van der Waals surface area contributed by atoms with Gasteiger partial charge in [-0.3, -0.25) is 4.90 Å². The maximum atomic E-state index is 5.90. The van der Waals surface area contributed by atoms with Crippen molar-refractivity contribution in [3.63, 3.8) is 0 Å². The molecule has 2 nitrogen and oxygen atoms in total. The van der Waals surface area contributed by atoms with E-state index < -0.39 is 0 Å². The van der Waals surface area contributed by atoms with Crippen LogP contribution in [0.15, 0.2) is 0 Å². The van der Waals surface area contributed by atoms with E-state index >= 15 is 0 Å². The molecule has 0 radical (unpaired) electrons. The highest BCUT2D eigenvalue weighted by atomic mass is 15.2. The fourth-order valence-electron chi connectivity index (χ4n) is 2.55. The zero-order chi connectivity index (χ0) is 11.5. The molecule has 15 heavy (non-hydrogen) atoms. The van der Waals surface area contributed by atoms with Gasteiger partial charge in [-0.2, -0.15) is 0 Å². The average Bonchev–Trinajstić information content (AvgIpc) is 2.23. The maximum absolute atomic E-state index is 5.90. The summed E-state index contributed by atoms with van der Waals surface area (Å²) in [5.74, 6) is 0. The maximum Gasteiger partial charge on any atom is 0.00699 e. The Hall–Kier alpha value is -0.0800. The summed E-state index contributed by atoms with van der Waals surface area (Å²) in [6, 6.07) is 1.48.